The molecule has 1 fully saturated rings. The first-order valence-electron chi connectivity index (χ1n) is 8.06. The summed E-state index contributed by atoms with van der Waals surface area (Å²) in [5.41, 5.74) is 0.967. The average Bonchev–Trinajstić information content (AvgIpc) is 2.55. The second-order valence-corrected chi connectivity index (χ2v) is 6.67. The van der Waals surface area contributed by atoms with Gasteiger partial charge in [-0.1, -0.05) is 25.4 Å². The first-order chi connectivity index (χ1) is 11.0. The highest BCUT2D eigenvalue weighted by atomic mass is 35.5. The van der Waals surface area contributed by atoms with Crippen molar-refractivity contribution in [3.63, 3.8) is 0 Å². The van der Waals surface area contributed by atoms with E-state index >= 15 is 0 Å². The van der Waals surface area contributed by atoms with Gasteiger partial charge in [-0.15, -0.1) is 12.4 Å². The molecular weight excluding hydrogens is 349 g/mol. The Morgan fingerprint density at radius 1 is 1.38 bits per heavy atom. The molecule has 24 heavy (non-hydrogen) atoms. The van der Waals surface area contributed by atoms with Crippen molar-refractivity contribution in [2.45, 2.75) is 26.7 Å². The quantitative estimate of drug-likeness (QED) is 0.742. The highest BCUT2D eigenvalue weighted by Gasteiger charge is 2.17. The molecule has 0 radical (unpaired) electrons. The monoisotopic (exact) mass is 373 g/mol. The molecular formula is C17H25Cl2N3O2. The van der Waals surface area contributed by atoms with Gasteiger partial charge in [-0.2, -0.15) is 0 Å². The number of piperidine rings is 1. The zero-order chi connectivity index (χ0) is 16.8. The second kappa shape index (κ2) is 9.87. The lowest BCUT2D eigenvalue weighted by Crippen LogP contribution is -2.38. The molecule has 1 aliphatic rings. The van der Waals surface area contributed by atoms with E-state index in [4.69, 9.17) is 11.6 Å². The molecule has 0 bridgehead atoms. The second-order valence-electron chi connectivity index (χ2n) is 6.26. The lowest BCUT2D eigenvalue weighted by molar-refractivity contribution is -0.118. The molecule has 0 saturated carbocycles. The molecule has 0 aromatic heterocycles. The maximum absolute atomic E-state index is 12.4. The van der Waals surface area contributed by atoms with Gasteiger partial charge in [0.05, 0.1) is 10.6 Å². The van der Waals surface area contributed by atoms with Crippen LogP contribution in [0.3, 0.4) is 0 Å². The van der Waals surface area contributed by atoms with Crippen molar-refractivity contribution in [3.8, 4) is 0 Å². The minimum absolute atomic E-state index is 0. The normalized spacial score (nSPS) is 17.1. The van der Waals surface area contributed by atoms with Crippen LogP contribution in [0.15, 0.2) is 18.2 Å². The molecule has 134 valence electrons. The largest absolute Gasteiger partial charge is 0.352 e. The van der Waals surface area contributed by atoms with E-state index in [1.165, 1.54) is 0 Å². The van der Waals surface area contributed by atoms with Crippen LogP contribution in [0.25, 0.3) is 0 Å². The van der Waals surface area contributed by atoms with E-state index in [1.807, 2.05) is 13.8 Å². The topological polar surface area (TPSA) is 70.2 Å². The number of rotatable bonds is 5. The first-order valence-corrected chi connectivity index (χ1v) is 8.44. The molecule has 0 spiro atoms. The highest BCUT2D eigenvalue weighted by Crippen LogP contribution is 2.21. The van der Waals surface area contributed by atoms with Gasteiger partial charge in [0.1, 0.15) is 0 Å². The molecule has 2 rings (SSSR count). The van der Waals surface area contributed by atoms with E-state index in [9.17, 15) is 9.59 Å². The summed E-state index contributed by atoms with van der Waals surface area (Å²) in [4.78, 5) is 24.1. The number of benzene rings is 1. The summed E-state index contributed by atoms with van der Waals surface area (Å²) in [5, 5.41) is 9.43. The third kappa shape index (κ3) is 5.96. The van der Waals surface area contributed by atoms with E-state index in [0.717, 1.165) is 25.9 Å². The number of anilines is 1. The predicted octanol–water partition coefficient (Wildman–Crippen LogP) is 3.09. The molecule has 5 nitrogen and oxygen atoms in total. The fourth-order valence-corrected chi connectivity index (χ4v) is 2.70. The van der Waals surface area contributed by atoms with Crippen molar-refractivity contribution in [1.29, 1.82) is 0 Å². The zero-order valence-corrected chi connectivity index (χ0v) is 15.6. The van der Waals surface area contributed by atoms with Gasteiger partial charge in [-0.25, -0.2) is 0 Å². The number of hydrogen-bond donors (Lipinski definition) is 3. The number of halogens is 2. The van der Waals surface area contributed by atoms with Crippen LogP contribution >= 0.6 is 24.0 Å². The summed E-state index contributed by atoms with van der Waals surface area (Å²) in [6.45, 7) is 6.24. The lowest BCUT2D eigenvalue weighted by atomic mass is 9.99. The predicted molar refractivity (Wildman–Crippen MR) is 100 cm³/mol. The van der Waals surface area contributed by atoms with Crippen molar-refractivity contribution in [1.82, 2.24) is 10.6 Å². The average molecular weight is 374 g/mol. The van der Waals surface area contributed by atoms with Gasteiger partial charge in [0.25, 0.3) is 5.91 Å². The molecule has 1 heterocycles. The molecule has 1 saturated heterocycles. The van der Waals surface area contributed by atoms with Gasteiger partial charge in [0, 0.05) is 18.2 Å². The van der Waals surface area contributed by atoms with Gasteiger partial charge in [-0.3, -0.25) is 9.59 Å². The standard InChI is InChI=1S/C17H24ClN3O2.ClH/c1-11(2)16(22)21-13-5-6-15(18)14(8-13)17(23)20-10-12-4-3-7-19-9-12;/h5-6,8,11-12,19H,3-4,7,9-10H2,1-2H3,(H,20,23)(H,21,22);1H. The molecule has 2 amide bonds. The summed E-state index contributed by atoms with van der Waals surface area (Å²) in [6.07, 6.45) is 2.25. The van der Waals surface area contributed by atoms with Gasteiger partial charge in [0.2, 0.25) is 5.91 Å². The fourth-order valence-electron chi connectivity index (χ4n) is 2.49. The Labute approximate surface area is 154 Å². The Bertz CT molecular complexity index is 573. The molecule has 3 N–H and O–H groups in total. The van der Waals surface area contributed by atoms with E-state index in [-0.39, 0.29) is 30.1 Å². The van der Waals surface area contributed by atoms with Crippen LogP contribution < -0.4 is 16.0 Å². The van der Waals surface area contributed by atoms with Crippen molar-refractivity contribution >= 4 is 41.5 Å². The SMILES string of the molecule is CC(C)C(=O)Nc1ccc(Cl)c(C(=O)NCC2CCCNC2)c1.Cl. The molecule has 7 heteroatoms. The van der Waals surface area contributed by atoms with Crippen LogP contribution in [0.4, 0.5) is 5.69 Å². The summed E-state index contributed by atoms with van der Waals surface area (Å²) in [5.74, 6) is 0.0326. The molecule has 1 aromatic carbocycles. The van der Waals surface area contributed by atoms with Crippen LogP contribution in [0.5, 0.6) is 0 Å². The summed E-state index contributed by atoms with van der Waals surface area (Å²) in [7, 11) is 0. The van der Waals surface area contributed by atoms with E-state index in [2.05, 4.69) is 16.0 Å². The highest BCUT2D eigenvalue weighted by molar-refractivity contribution is 6.34. The maximum Gasteiger partial charge on any atom is 0.252 e. The van der Waals surface area contributed by atoms with Crippen LogP contribution in [0.2, 0.25) is 5.02 Å². The van der Waals surface area contributed by atoms with E-state index < -0.39 is 0 Å². The van der Waals surface area contributed by atoms with Gasteiger partial charge in [0.15, 0.2) is 0 Å². The third-order valence-electron chi connectivity index (χ3n) is 3.95. The van der Waals surface area contributed by atoms with E-state index in [1.54, 1.807) is 18.2 Å². The van der Waals surface area contributed by atoms with Crippen molar-refractivity contribution in [2.24, 2.45) is 11.8 Å². The smallest absolute Gasteiger partial charge is 0.252 e. The van der Waals surface area contributed by atoms with Crippen molar-refractivity contribution < 1.29 is 9.59 Å². The molecule has 0 aliphatic carbocycles. The number of nitrogens with one attached hydrogen (secondary N) is 3. The Balaban J connectivity index is 0.00000288. The number of carbonyl (C=O) groups is 2. The van der Waals surface area contributed by atoms with Crippen molar-refractivity contribution in [2.75, 3.05) is 25.0 Å². The van der Waals surface area contributed by atoms with Crippen LogP contribution in [-0.2, 0) is 4.79 Å². The lowest BCUT2D eigenvalue weighted by Gasteiger charge is -2.23. The Kier molecular flexibility index (Phi) is 8.53. The maximum atomic E-state index is 12.4. The number of amides is 2. The Morgan fingerprint density at radius 2 is 2.12 bits per heavy atom. The number of carbonyl (C=O) groups excluding carboxylic acids is 2. The number of hydrogen-bond acceptors (Lipinski definition) is 3. The van der Waals surface area contributed by atoms with E-state index in [0.29, 0.717) is 28.7 Å². The fraction of sp³-hybridized carbons (Fsp3) is 0.529. The summed E-state index contributed by atoms with van der Waals surface area (Å²) < 4.78 is 0. The first kappa shape index (κ1) is 20.7. The molecule has 1 unspecified atom stereocenters. The molecule has 1 atom stereocenters. The minimum atomic E-state index is -0.207. The summed E-state index contributed by atoms with van der Waals surface area (Å²) in [6, 6.07) is 4.95. The minimum Gasteiger partial charge on any atom is -0.352 e. The van der Waals surface area contributed by atoms with Crippen LogP contribution in [0.1, 0.15) is 37.0 Å². The van der Waals surface area contributed by atoms with Crippen LogP contribution in [0, 0.1) is 11.8 Å². The van der Waals surface area contributed by atoms with Gasteiger partial charge < -0.3 is 16.0 Å². The van der Waals surface area contributed by atoms with Crippen molar-refractivity contribution in [3.05, 3.63) is 28.8 Å². The Hall–Kier alpha value is -1.30. The van der Waals surface area contributed by atoms with Crippen LogP contribution in [-0.4, -0.2) is 31.4 Å². The zero-order valence-electron chi connectivity index (χ0n) is 14.0. The molecule has 1 aromatic rings. The third-order valence-corrected chi connectivity index (χ3v) is 4.28. The summed E-state index contributed by atoms with van der Waals surface area (Å²) >= 11 is 6.13. The van der Waals surface area contributed by atoms with Gasteiger partial charge in [-0.05, 0) is 50.0 Å². The van der Waals surface area contributed by atoms with Gasteiger partial charge >= 0.3 is 0 Å². The molecule has 1 aliphatic heterocycles. The Morgan fingerprint density at radius 3 is 2.75 bits per heavy atom.